The van der Waals surface area contributed by atoms with Gasteiger partial charge in [-0.15, -0.1) is 0 Å². The summed E-state index contributed by atoms with van der Waals surface area (Å²) in [6, 6.07) is 0. The molecule has 1 saturated carbocycles. The average molecular weight is 257 g/mol. The average Bonchev–Trinajstić information content (AvgIpc) is 2.69. The highest BCUT2D eigenvalue weighted by atomic mass is 16.5. The number of esters is 1. The van der Waals surface area contributed by atoms with Gasteiger partial charge < -0.3 is 15.2 Å². The maximum absolute atomic E-state index is 11.8. The first-order chi connectivity index (χ1) is 8.45. The maximum Gasteiger partial charge on any atom is 0.325 e. The van der Waals surface area contributed by atoms with E-state index in [1.165, 1.54) is 0 Å². The van der Waals surface area contributed by atoms with Gasteiger partial charge in [-0.25, -0.2) is 0 Å². The third-order valence-corrected chi connectivity index (χ3v) is 3.16. The molecule has 1 rings (SSSR count). The largest absolute Gasteiger partial charge is 0.481 e. The van der Waals surface area contributed by atoms with E-state index in [1.807, 2.05) is 6.92 Å². The van der Waals surface area contributed by atoms with Gasteiger partial charge in [0, 0.05) is 0 Å². The van der Waals surface area contributed by atoms with E-state index in [-0.39, 0.29) is 25.0 Å². The first-order valence-electron chi connectivity index (χ1n) is 6.11. The molecule has 3 atom stereocenters. The Morgan fingerprint density at radius 1 is 1.28 bits per heavy atom. The zero-order valence-corrected chi connectivity index (χ0v) is 10.6. The van der Waals surface area contributed by atoms with Gasteiger partial charge in [-0.05, 0) is 25.7 Å². The highest BCUT2D eigenvalue weighted by molar-refractivity contribution is 5.87. The molecule has 1 amide bonds. The van der Waals surface area contributed by atoms with Crippen LogP contribution in [0.5, 0.6) is 0 Å². The van der Waals surface area contributed by atoms with E-state index in [1.54, 1.807) is 6.92 Å². The SMILES string of the molecule is CCOC(=O)CNC(=O)[C@H]1CC(C)C[C@H]1C(=O)O. The molecule has 0 aromatic heterocycles. The molecule has 6 nitrogen and oxygen atoms in total. The molecule has 0 aromatic rings. The predicted octanol–water partition coefficient (Wildman–Crippen LogP) is 0.413. The van der Waals surface area contributed by atoms with Crippen molar-refractivity contribution in [2.75, 3.05) is 13.2 Å². The van der Waals surface area contributed by atoms with Gasteiger partial charge in [0.25, 0.3) is 0 Å². The Bertz CT molecular complexity index is 341. The monoisotopic (exact) mass is 257 g/mol. The Balaban J connectivity index is 2.50. The van der Waals surface area contributed by atoms with E-state index in [9.17, 15) is 14.4 Å². The zero-order valence-electron chi connectivity index (χ0n) is 10.6. The Kier molecular flexibility index (Phi) is 5.12. The smallest absolute Gasteiger partial charge is 0.325 e. The summed E-state index contributed by atoms with van der Waals surface area (Å²) in [4.78, 5) is 34.0. The molecule has 0 bridgehead atoms. The molecule has 1 unspecified atom stereocenters. The fraction of sp³-hybridized carbons (Fsp3) is 0.750. The molecule has 102 valence electrons. The highest BCUT2D eigenvalue weighted by Gasteiger charge is 2.41. The molecule has 0 aliphatic heterocycles. The standard InChI is InChI=1S/C12H19NO5/c1-3-18-10(14)6-13-11(15)8-4-7(2)5-9(8)12(16)17/h7-9H,3-6H2,1-2H3,(H,13,15)(H,16,17)/t7?,8-,9+/m0/s1. The highest BCUT2D eigenvalue weighted by Crippen LogP contribution is 2.36. The third-order valence-electron chi connectivity index (χ3n) is 3.16. The van der Waals surface area contributed by atoms with E-state index in [4.69, 9.17) is 5.11 Å². The fourth-order valence-electron chi connectivity index (χ4n) is 2.36. The van der Waals surface area contributed by atoms with Crippen molar-refractivity contribution in [3.05, 3.63) is 0 Å². The predicted molar refractivity (Wildman–Crippen MR) is 62.7 cm³/mol. The van der Waals surface area contributed by atoms with Crippen molar-refractivity contribution in [1.82, 2.24) is 5.32 Å². The van der Waals surface area contributed by atoms with Crippen LogP contribution in [0.3, 0.4) is 0 Å². The Labute approximate surface area is 106 Å². The normalized spacial score (nSPS) is 26.7. The second kappa shape index (κ2) is 6.37. The van der Waals surface area contributed by atoms with Gasteiger partial charge in [-0.2, -0.15) is 0 Å². The molecule has 0 saturated heterocycles. The number of hydrogen-bond acceptors (Lipinski definition) is 4. The van der Waals surface area contributed by atoms with Gasteiger partial charge >= 0.3 is 11.9 Å². The van der Waals surface area contributed by atoms with Crippen LogP contribution in [0.1, 0.15) is 26.7 Å². The molecule has 0 spiro atoms. The van der Waals surface area contributed by atoms with E-state index in [0.717, 1.165) is 0 Å². The Morgan fingerprint density at radius 2 is 1.89 bits per heavy atom. The molecule has 1 aliphatic rings. The molecule has 1 fully saturated rings. The Hall–Kier alpha value is -1.59. The number of ether oxygens (including phenoxy) is 1. The van der Waals surface area contributed by atoms with E-state index >= 15 is 0 Å². The molecule has 0 radical (unpaired) electrons. The second-order valence-corrected chi connectivity index (χ2v) is 4.65. The van der Waals surface area contributed by atoms with Crippen molar-refractivity contribution < 1.29 is 24.2 Å². The van der Waals surface area contributed by atoms with E-state index < -0.39 is 23.8 Å². The number of nitrogens with one attached hydrogen (secondary N) is 1. The van der Waals surface area contributed by atoms with E-state index in [0.29, 0.717) is 12.8 Å². The van der Waals surface area contributed by atoms with Gasteiger partial charge in [-0.3, -0.25) is 14.4 Å². The minimum Gasteiger partial charge on any atom is -0.481 e. The summed E-state index contributed by atoms with van der Waals surface area (Å²) in [6.07, 6.45) is 1.05. The lowest BCUT2D eigenvalue weighted by Crippen LogP contribution is -2.38. The van der Waals surface area contributed by atoms with Crippen LogP contribution in [0, 0.1) is 17.8 Å². The summed E-state index contributed by atoms with van der Waals surface area (Å²) < 4.78 is 4.68. The lowest BCUT2D eigenvalue weighted by molar-refractivity contribution is -0.147. The minimum absolute atomic E-state index is 0.204. The van der Waals surface area contributed by atoms with Gasteiger partial charge in [0.2, 0.25) is 5.91 Å². The summed E-state index contributed by atoms with van der Waals surface area (Å²) in [7, 11) is 0. The van der Waals surface area contributed by atoms with Crippen molar-refractivity contribution in [3.63, 3.8) is 0 Å². The number of carboxylic acid groups (broad SMARTS) is 1. The Morgan fingerprint density at radius 3 is 2.44 bits per heavy atom. The van der Waals surface area contributed by atoms with Crippen LogP contribution in [0.4, 0.5) is 0 Å². The zero-order chi connectivity index (χ0) is 13.7. The number of amides is 1. The number of carbonyl (C=O) groups is 3. The first-order valence-corrected chi connectivity index (χ1v) is 6.11. The van der Waals surface area contributed by atoms with Crippen LogP contribution in [0.2, 0.25) is 0 Å². The van der Waals surface area contributed by atoms with Crippen molar-refractivity contribution in [1.29, 1.82) is 0 Å². The van der Waals surface area contributed by atoms with Crippen LogP contribution in [0.15, 0.2) is 0 Å². The summed E-state index contributed by atoms with van der Waals surface area (Å²) in [6.45, 7) is 3.66. The second-order valence-electron chi connectivity index (χ2n) is 4.65. The molecular weight excluding hydrogens is 238 g/mol. The van der Waals surface area contributed by atoms with Crippen molar-refractivity contribution in [2.45, 2.75) is 26.7 Å². The van der Waals surface area contributed by atoms with Crippen LogP contribution in [-0.2, 0) is 19.1 Å². The van der Waals surface area contributed by atoms with Crippen LogP contribution < -0.4 is 5.32 Å². The lowest BCUT2D eigenvalue weighted by Gasteiger charge is -2.15. The van der Waals surface area contributed by atoms with Crippen molar-refractivity contribution in [3.8, 4) is 0 Å². The number of aliphatic carboxylic acids is 1. The molecule has 18 heavy (non-hydrogen) atoms. The number of hydrogen-bond donors (Lipinski definition) is 2. The van der Waals surface area contributed by atoms with Crippen LogP contribution in [-0.4, -0.2) is 36.1 Å². The number of carbonyl (C=O) groups excluding carboxylic acids is 2. The summed E-state index contributed by atoms with van der Waals surface area (Å²) in [5.41, 5.74) is 0. The molecule has 0 heterocycles. The summed E-state index contributed by atoms with van der Waals surface area (Å²) in [5.74, 6) is -2.82. The third kappa shape index (κ3) is 3.72. The van der Waals surface area contributed by atoms with Crippen LogP contribution >= 0.6 is 0 Å². The topological polar surface area (TPSA) is 92.7 Å². The summed E-state index contributed by atoms with van der Waals surface area (Å²) >= 11 is 0. The van der Waals surface area contributed by atoms with Crippen LogP contribution in [0.25, 0.3) is 0 Å². The quantitative estimate of drug-likeness (QED) is 0.696. The van der Waals surface area contributed by atoms with Gasteiger partial charge in [0.05, 0.1) is 18.4 Å². The maximum atomic E-state index is 11.8. The molecule has 2 N–H and O–H groups in total. The van der Waals surface area contributed by atoms with E-state index in [2.05, 4.69) is 10.1 Å². The van der Waals surface area contributed by atoms with Crippen molar-refractivity contribution >= 4 is 17.8 Å². The molecular formula is C12H19NO5. The fourth-order valence-corrected chi connectivity index (χ4v) is 2.36. The number of rotatable bonds is 5. The van der Waals surface area contributed by atoms with Crippen molar-refractivity contribution in [2.24, 2.45) is 17.8 Å². The minimum atomic E-state index is -0.948. The molecule has 1 aliphatic carbocycles. The number of carboxylic acids is 1. The van der Waals surface area contributed by atoms with Gasteiger partial charge in [0.1, 0.15) is 6.54 Å². The van der Waals surface area contributed by atoms with Gasteiger partial charge in [0.15, 0.2) is 0 Å². The first kappa shape index (κ1) is 14.5. The molecule has 6 heteroatoms. The molecule has 0 aromatic carbocycles. The summed E-state index contributed by atoms with van der Waals surface area (Å²) in [5, 5.41) is 11.5. The van der Waals surface area contributed by atoms with Gasteiger partial charge in [-0.1, -0.05) is 6.92 Å². The lowest BCUT2D eigenvalue weighted by atomic mass is 9.95.